The molecule has 7 atom stereocenters. The Balaban J connectivity index is 5.82. The first-order valence-corrected chi connectivity index (χ1v) is 13.4. The molecule has 11 N–H and O–H groups in total. The van der Waals surface area contributed by atoms with E-state index in [0.29, 0.717) is 6.42 Å². The molecule has 17 heteroatoms. The summed E-state index contributed by atoms with van der Waals surface area (Å²) < 4.78 is 0. The van der Waals surface area contributed by atoms with Crippen LogP contribution < -0.4 is 32.3 Å². The summed E-state index contributed by atoms with van der Waals surface area (Å²) in [4.78, 5) is 86.2. The van der Waals surface area contributed by atoms with Crippen molar-refractivity contribution in [3.05, 3.63) is 0 Å². The Labute approximate surface area is 243 Å². The first-order chi connectivity index (χ1) is 19.5. The van der Waals surface area contributed by atoms with Gasteiger partial charge in [0, 0.05) is 0 Å². The summed E-state index contributed by atoms with van der Waals surface area (Å²) in [5, 5.41) is 49.0. The van der Waals surface area contributed by atoms with Gasteiger partial charge in [-0.15, -0.1) is 0 Å². The van der Waals surface area contributed by atoms with Gasteiger partial charge in [-0.2, -0.15) is 0 Å². The zero-order chi connectivity index (χ0) is 32.7. The molecule has 0 spiro atoms. The standard InChI is InChI=1S/C25H44N6O11/c1-6-12(4)19(24(40)30-17(10-33)23(39)28-15(25(41)42)7-11(2)3)31-21(37)14(8-18(34)35)27-22(38)16(9-32)29-20(36)13(5)26/h11-17,19,32-33H,6-10,26H2,1-5H3,(H,27,38)(H,28,39)(H,29,36)(H,30,40)(H,31,37)(H,34,35)(H,41,42)/t12-,13-,14-,15-,16-,17-,19-/m0/s1. The molecular weight excluding hydrogens is 560 g/mol. The first-order valence-electron chi connectivity index (χ1n) is 13.4. The number of hydrogen-bond acceptors (Lipinski definition) is 10. The van der Waals surface area contributed by atoms with Gasteiger partial charge in [-0.3, -0.25) is 28.8 Å². The lowest BCUT2D eigenvalue weighted by molar-refractivity contribution is -0.143. The van der Waals surface area contributed by atoms with E-state index in [4.69, 9.17) is 5.73 Å². The summed E-state index contributed by atoms with van der Waals surface area (Å²) in [5.41, 5.74) is 5.43. The van der Waals surface area contributed by atoms with Crippen LogP contribution in [0.1, 0.15) is 53.9 Å². The van der Waals surface area contributed by atoms with Crippen LogP contribution in [-0.4, -0.2) is 111 Å². The molecule has 0 aromatic carbocycles. The highest BCUT2D eigenvalue weighted by Gasteiger charge is 2.35. The number of carboxylic acid groups (broad SMARTS) is 2. The molecular formula is C25H44N6O11. The zero-order valence-corrected chi connectivity index (χ0v) is 24.4. The SMILES string of the molecule is CC[C@H](C)[C@H](NC(=O)[C@H](CC(=O)O)NC(=O)[C@H](CO)NC(=O)[C@H](C)N)C(=O)N[C@@H](CO)C(=O)N[C@@H](CC(C)C)C(=O)O. The number of nitrogens with two attached hydrogens (primary N) is 1. The van der Waals surface area contributed by atoms with Gasteiger partial charge in [-0.1, -0.05) is 34.1 Å². The number of carbonyl (C=O) groups excluding carboxylic acids is 5. The fourth-order valence-corrected chi connectivity index (χ4v) is 3.53. The second-order valence-electron chi connectivity index (χ2n) is 10.3. The normalized spacial score (nSPS) is 16.0. The summed E-state index contributed by atoms with van der Waals surface area (Å²) in [5.74, 6) is -8.40. The van der Waals surface area contributed by atoms with E-state index in [1.54, 1.807) is 27.7 Å². The van der Waals surface area contributed by atoms with Crippen LogP contribution in [0.15, 0.2) is 0 Å². The molecule has 0 aliphatic carbocycles. The van der Waals surface area contributed by atoms with Gasteiger partial charge in [-0.05, 0) is 25.2 Å². The van der Waals surface area contributed by atoms with Crippen LogP contribution >= 0.6 is 0 Å². The minimum absolute atomic E-state index is 0.0848. The van der Waals surface area contributed by atoms with Gasteiger partial charge in [0.1, 0.15) is 30.2 Å². The molecule has 0 saturated carbocycles. The van der Waals surface area contributed by atoms with Crippen molar-refractivity contribution >= 4 is 41.5 Å². The molecule has 240 valence electrons. The van der Waals surface area contributed by atoms with Crippen LogP contribution in [0.3, 0.4) is 0 Å². The third-order valence-corrected chi connectivity index (χ3v) is 6.17. The molecule has 0 unspecified atom stereocenters. The summed E-state index contributed by atoms with van der Waals surface area (Å²) in [6.45, 7) is 6.26. The van der Waals surface area contributed by atoms with E-state index in [1.165, 1.54) is 6.92 Å². The summed E-state index contributed by atoms with van der Waals surface area (Å²) in [6.07, 6.45) is -0.531. The number of carbonyl (C=O) groups is 7. The molecule has 0 heterocycles. The van der Waals surface area contributed by atoms with Crippen LogP contribution in [-0.2, 0) is 33.6 Å². The number of amides is 5. The van der Waals surface area contributed by atoms with E-state index in [0.717, 1.165) is 0 Å². The Morgan fingerprint density at radius 1 is 0.643 bits per heavy atom. The summed E-state index contributed by atoms with van der Waals surface area (Å²) >= 11 is 0. The average molecular weight is 605 g/mol. The molecule has 0 saturated heterocycles. The van der Waals surface area contributed by atoms with Crippen LogP contribution in [0, 0.1) is 11.8 Å². The highest BCUT2D eigenvalue weighted by Crippen LogP contribution is 2.10. The predicted molar refractivity (Wildman–Crippen MR) is 146 cm³/mol. The van der Waals surface area contributed by atoms with Crippen LogP contribution in [0.5, 0.6) is 0 Å². The Bertz CT molecular complexity index is 975. The van der Waals surface area contributed by atoms with Gasteiger partial charge < -0.3 is 52.7 Å². The van der Waals surface area contributed by atoms with Gasteiger partial charge >= 0.3 is 11.9 Å². The largest absolute Gasteiger partial charge is 0.481 e. The molecule has 0 radical (unpaired) electrons. The van der Waals surface area contributed by atoms with Crippen molar-refractivity contribution in [2.45, 2.75) is 90.1 Å². The van der Waals surface area contributed by atoms with Crippen molar-refractivity contribution < 1.29 is 54.0 Å². The highest BCUT2D eigenvalue weighted by atomic mass is 16.4. The van der Waals surface area contributed by atoms with Gasteiger partial charge in [0.15, 0.2) is 0 Å². The van der Waals surface area contributed by atoms with Crippen molar-refractivity contribution in [1.82, 2.24) is 26.6 Å². The van der Waals surface area contributed by atoms with E-state index in [1.807, 2.05) is 0 Å². The van der Waals surface area contributed by atoms with Crippen molar-refractivity contribution in [2.24, 2.45) is 17.6 Å². The topological polar surface area (TPSA) is 287 Å². The Morgan fingerprint density at radius 3 is 1.45 bits per heavy atom. The molecule has 42 heavy (non-hydrogen) atoms. The Morgan fingerprint density at radius 2 is 1.07 bits per heavy atom. The second-order valence-corrected chi connectivity index (χ2v) is 10.3. The maximum atomic E-state index is 13.1. The van der Waals surface area contributed by atoms with Gasteiger partial charge in [0.2, 0.25) is 29.5 Å². The molecule has 0 aromatic rings. The van der Waals surface area contributed by atoms with Crippen LogP contribution in [0.2, 0.25) is 0 Å². The molecule has 0 rings (SSSR count). The molecule has 0 aliphatic heterocycles. The van der Waals surface area contributed by atoms with E-state index in [2.05, 4.69) is 26.6 Å². The lowest BCUT2D eigenvalue weighted by Crippen LogP contribution is -2.61. The number of rotatable bonds is 19. The molecule has 0 aromatic heterocycles. The number of aliphatic hydroxyl groups is 2. The van der Waals surface area contributed by atoms with Crippen molar-refractivity contribution in [1.29, 1.82) is 0 Å². The van der Waals surface area contributed by atoms with E-state index < -0.39 is 103 Å². The van der Waals surface area contributed by atoms with Crippen molar-refractivity contribution in [3.8, 4) is 0 Å². The number of hydrogen-bond donors (Lipinski definition) is 10. The quantitative estimate of drug-likeness (QED) is 0.0684. The zero-order valence-electron chi connectivity index (χ0n) is 24.4. The first kappa shape index (κ1) is 38.2. The maximum Gasteiger partial charge on any atom is 0.326 e. The van der Waals surface area contributed by atoms with Crippen molar-refractivity contribution in [3.63, 3.8) is 0 Å². The lowest BCUT2D eigenvalue weighted by Gasteiger charge is -2.28. The van der Waals surface area contributed by atoms with Gasteiger partial charge in [0.05, 0.1) is 25.7 Å². The van der Waals surface area contributed by atoms with E-state index in [-0.39, 0.29) is 12.3 Å². The third-order valence-electron chi connectivity index (χ3n) is 6.17. The maximum absolute atomic E-state index is 13.1. The minimum atomic E-state index is -1.75. The van der Waals surface area contributed by atoms with Gasteiger partial charge in [0.25, 0.3) is 0 Å². The fourth-order valence-electron chi connectivity index (χ4n) is 3.53. The van der Waals surface area contributed by atoms with E-state index in [9.17, 15) is 54.0 Å². The fraction of sp³-hybridized carbons (Fsp3) is 0.720. The average Bonchev–Trinajstić information content (AvgIpc) is 2.90. The lowest BCUT2D eigenvalue weighted by atomic mass is 9.97. The number of aliphatic carboxylic acids is 2. The number of aliphatic hydroxyl groups excluding tert-OH is 2. The number of nitrogens with one attached hydrogen (secondary N) is 5. The number of carboxylic acids is 2. The van der Waals surface area contributed by atoms with E-state index >= 15 is 0 Å². The second kappa shape index (κ2) is 18.6. The Hall–Kier alpha value is -3.83. The summed E-state index contributed by atoms with van der Waals surface area (Å²) in [7, 11) is 0. The molecule has 0 fully saturated rings. The van der Waals surface area contributed by atoms with Crippen molar-refractivity contribution in [2.75, 3.05) is 13.2 Å². The smallest absolute Gasteiger partial charge is 0.326 e. The Kier molecular flexibility index (Phi) is 16.9. The highest BCUT2D eigenvalue weighted by molar-refractivity contribution is 5.97. The molecule has 0 aliphatic rings. The molecule has 5 amide bonds. The molecule has 0 bridgehead atoms. The van der Waals surface area contributed by atoms with Crippen LogP contribution in [0.4, 0.5) is 0 Å². The van der Waals surface area contributed by atoms with Crippen LogP contribution in [0.25, 0.3) is 0 Å². The minimum Gasteiger partial charge on any atom is -0.481 e. The third kappa shape index (κ3) is 13.2. The van der Waals surface area contributed by atoms with Gasteiger partial charge in [-0.25, -0.2) is 4.79 Å². The summed E-state index contributed by atoms with van der Waals surface area (Å²) in [6, 6.07) is -8.59. The molecule has 17 nitrogen and oxygen atoms in total. The predicted octanol–water partition coefficient (Wildman–Crippen LogP) is -3.61. The monoisotopic (exact) mass is 604 g/mol.